The van der Waals surface area contributed by atoms with Gasteiger partial charge >= 0.3 is 5.97 Å². The summed E-state index contributed by atoms with van der Waals surface area (Å²) < 4.78 is 0. The monoisotopic (exact) mass is 244 g/mol. The summed E-state index contributed by atoms with van der Waals surface area (Å²) in [7, 11) is 0. The Morgan fingerprint density at radius 1 is 1.18 bits per heavy atom. The van der Waals surface area contributed by atoms with Crippen LogP contribution in [0, 0.1) is 0 Å². The molecule has 0 radical (unpaired) electrons. The molecular formula is C14H9ClO2. The molecule has 2 aromatic carbocycles. The third kappa shape index (κ3) is 1.53. The van der Waals surface area contributed by atoms with Crippen molar-refractivity contribution in [3.05, 3.63) is 58.1 Å². The smallest absolute Gasteiger partial charge is 0.335 e. The standard InChI is InChI=1S/C14H9ClO2/c15-9-4-5-10-8(6-9)7-13-11(10)2-1-3-12(13)14(16)17/h1-6H,7H2,(H,16,17). The van der Waals surface area contributed by atoms with Gasteiger partial charge in [-0.15, -0.1) is 0 Å². The Kier molecular flexibility index (Phi) is 2.20. The average molecular weight is 245 g/mol. The molecule has 17 heavy (non-hydrogen) atoms. The van der Waals surface area contributed by atoms with E-state index in [0.29, 0.717) is 17.0 Å². The van der Waals surface area contributed by atoms with E-state index in [0.717, 1.165) is 22.3 Å². The van der Waals surface area contributed by atoms with Gasteiger partial charge in [-0.3, -0.25) is 0 Å². The summed E-state index contributed by atoms with van der Waals surface area (Å²) in [6.07, 6.45) is 0.647. The number of carbonyl (C=O) groups is 1. The Morgan fingerprint density at radius 3 is 2.76 bits per heavy atom. The van der Waals surface area contributed by atoms with Gasteiger partial charge in [-0.1, -0.05) is 29.8 Å². The summed E-state index contributed by atoms with van der Waals surface area (Å²) >= 11 is 5.95. The predicted molar refractivity (Wildman–Crippen MR) is 66.7 cm³/mol. The number of hydrogen-bond donors (Lipinski definition) is 1. The van der Waals surface area contributed by atoms with Crippen LogP contribution in [0.5, 0.6) is 0 Å². The highest BCUT2D eigenvalue weighted by molar-refractivity contribution is 6.30. The Bertz CT molecular complexity index is 632. The van der Waals surface area contributed by atoms with Crippen molar-refractivity contribution < 1.29 is 9.90 Å². The fraction of sp³-hybridized carbons (Fsp3) is 0.0714. The van der Waals surface area contributed by atoms with Crippen molar-refractivity contribution in [1.82, 2.24) is 0 Å². The van der Waals surface area contributed by atoms with E-state index in [-0.39, 0.29) is 0 Å². The van der Waals surface area contributed by atoms with Gasteiger partial charge in [-0.05, 0) is 46.9 Å². The maximum absolute atomic E-state index is 11.2. The molecule has 0 unspecified atom stereocenters. The largest absolute Gasteiger partial charge is 0.478 e. The Balaban J connectivity index is 2.25. The summed E-state index contributed by atoms with van der Waals surface area (Å²) in [6.45, 7) is 0. The Labute approximate surface area is 103 Å². The van der Waals surface area contributed by atoms with Gasteiger partial charge in [0.05, 0.1) is 5.56 Å². The highest BCUT2D eigenvalue weighted by atomic mass is 35.5. The highest BCUT2D eigenvalue weighted by Gasteiger charge is 2.23. The second kappa shape index (κ2) is 3.60. The van der Waals surface area contributed by atoms with E-state index in [4.69, 9.17) is 16.7 Å². The first-order valence-electron chi connectivity index (χ1n) is 5.31. The number of carboxylic acids is 1. The Hall–Kier alpha value is -1.80. The molecule has 0 bridgehead atoms. The van der Waals surface area contributed by atoms with Gasteiger partial charge in [0.25, 0.3) is 0 Å². The van der Waals surface area contributed by atoms with Crippen LogP contribution in [0.15, 0.2) is 36.4 Å². The first-order valence-corrected chi connectivity index (χ1v) is 5.68. The van der Waals surface area contributed by atoms with Crippen molar-refractivity contribution in [3.8, 4) is 11.1 Å². The molecule has 0 amide bonds. The minimum atomic E-state index is -0.874. The molecule has 0 atom stereocenters. The number of halogens is 1. The molecule has 0 fully saturated rings. The van der Waals surface area contributed by atoms with Crippen LogP contribution in [0.2, 0.25) is 5.02 Å². The minimum Gasteiger partial charge on any atom is -0.478 e. The number of hydrogen-bond acceptors (Lipinski definition) is 1. The van der Waals surface area contributed by atoms with Crippen molar-refractivity contribution in [2.75, 3.05) is 0 Å². The quantitative estimate of drug-likeness (QED) is 0.710. The average Bonchev–Trinajstić information content (AvgIpc) is 2.65. The summed E-state index contributed by atoms with van der Waals surface area (Å²) in [5.41, 5.74) is 4.47. The summed E-state index contributed by atoms with van der Waals surface area (Å²) in [5.74, 6) is -0.874. The lowest BCUT2D eigenvalue weighted by molar-refractivity contribution is 0.0696. The molecule has 3 heteroatoms. The molecule has 0 heterocycles. The zero-order valence-corrected chi connectivity index (χ0v) is 9.66. The van der Waals surface area contributed by atoms with Gasteiger partial charge in [0, 0.05) is 5.02 Å². The van der Waals surface area contributed by atoms with Crippen molar-refractivity contribution in [2.24, 2.45) is 0 Å². The van der Waals surface area contributed by atoms with Crippen LogP contribution in [-0.2, 0) is 6.42 Å². The van der Waals surface area contributed by atoms with Crippen molar-refractivity contribution in [3.63, 3.8) is 0 Å². The van der Waals surface area contributed by atoms with E-state index in [9.17, 15) is 4.79 Å². The molecule has 1 aliphatic rings. The van der Waals surface area contributed by atoms with Crippen LogP contribution >= 0.6 is 11.6 Å². The number of rotatable bonds is 1. The van der Waals surface area contributed by atoms with E-state index < -0.39 is 5.97 Å². The maximum Gasteiger partial charge on any atom is 0.335 e. The lowest BCUT2D eigenvalue weighted by Crippen LogP contribution is -2.01. The maximum atomic E-state index is 11.2. The fourth-order valence-electron chi connectivity index (χ4n) is 2.39. The minimum absolute atomic E-state index is 0.384. The Morgan fingerprint density at radius 2 is 2.00 bits per heavy atom. The van der Waals surface area contributed by atoms with E-state index in [1.54, 1.807) is 12.1 Å². The summed E-state index contributed by atoms with van der Waals surface area (Å²) in [4.78, 5) is 11.2. The molecule has 0 aliphatic heterocycles. The van der Waals surface area contributed by atoms with Gasteiger partial charge in [0.15, 0.2) is 0 Å². The molecule has 2 aromatic rings. The third-order valence-corrected chi connectivity index (χ3v) is 3.37. The highest BCUT2D eigenvalue weighted by Crippen LogP contribution is 2.39. The topological polar surface area (TPSA) is 37.3 Å². The lowest BCUT2D eigenvalue weighted by Gasteiger charge is -2.03. The van der Waals surface area contributed by atoms with Gasteiger partial charge < -0.3 is 5.11 Å². The van der Waals surface area contributed by atoms with Crippen LogP contribution in [0.4, 0.5) is 0 Å². The molecule has 84 valence electrons. The fourth-order valence-corrected chi connectivity index (χ4v) is 2.59. The summed E-state index contributed by atoms with van der Waals surface area (Å²) in [5, 5.41) is 9.84. The molecule has 1 aliphatic carbocycles. The van der Waals surface area contributed by atoms with Crippen LogP contribution in [0.25, 0.3) is 11.1 Å². The SMILES string of the molecule is O=C(O)c1cccc2c1Cc1cc(Cl)ccc1-2. The summed E-state index contributed by atoms with van der Waals surface area (Å²) in [6, 6.07) is 11.1. The molecule has 0 spiro atoms. The van der Waals surface area contributed by atoms with E-state index in [1.165, 1.54) is 0 Å². The van der Waals surface area contributed by atoms with Crippen LogP contribution < -0.4 is 0 Å². The lowest BCUT2D eigenvalue weighted by atomic mass is 10.0. The zero-order chi connectivity index (χ0) is 12.0. The molecule has 3 rings (SSSR count). The zero-order valence-electron chi connectivity index (χ0n) is 8.90. The van der Waals surface area contributed by atoms with Crippen LogP contribution in [-0.4, -0.2) is 11.1 Å². The number of fused-ring (bicyclic) bond motifs is 3. The van der Waals surface area contributed by atoms with Crippen LogP contribution in [0.3, 0.4) is 0 Å². The van der Waals surface area contributed by atoms with Gasteiger partial charge in [0.2, 0.25) is 0 Å². The first-order chi connectivity index (χ1) is 8.16. The van der Waals surface area contributed by atoms with Gasteiger partial charge in [-0.25, -0.2) is 4.79 Å². The predicted octanol–water partition coefficient (Wildman–Crippen LogP) is 3.61. The molecule has 2 nitrogen and oxygen atoms in total. The molecule has 0 saturated heterocycles. The van der Waals surface area contributed by atoms with Crippen molar-refractivity contribution >= 4 is 17.6 Å². The first kappa shape index (κ1) is 10.4. The van der Waals surface area contributed by atoms with Crippen molar-refractivity contribution in [1.29, 1.82) is 0 Å². The van der Waals surface area contributed by atoms with Gasteiger partial charge in [0.1, 0.15) is 0 Å². The van der Waals surface area contributed by atoms with E-state index in [1.807, 2.05) is 24.3 Å². The molecule has 0 aromatic heterocycles. The van der Waals surface area contributed by atoms with Crippen LogP contribution in [0.1, 0.15) is 21.5 Å². The normalized spacial score (nSPS) is 12.1. The number of benzene rings is 2. The van der Waals surface area contributed by atoms with E-state index >= 15 is 0 Å². The number of carboxylic acid groups (broad SMARTS) is 1. The third-order valence-electron chi connectivity index (χ3n) is 3.13. The van der Waals surface area contributed by atoms with Gasteiger partial charge in [-0.2, -0.15) is 0 Å². The molecule has 1 N–H and O–H groups in total. The number of aromatic carboxylic acids is 1. The molecule has 0 saturated carbocycles. The van der Waals surface area contributed by atoms with E-state index in [2.05, 4.69) is 0 Å². The van der Waals surface area contributed by atoms with Crippen molar-refractivity contribution in [2.45, 2.75) is 6.42 Å². The molecular weight excluding hydrogens is 236 g/mol. The second-order valence-electron chi connectivity index (χ2n) is 4.12. The second-order valence-corrected chi connectivity index (χ2v) is 4.55.